The summed E-state index contributed by atoms with van der Waals surface area (Å²) in [5.74, 6) is 1.36. The van der Waals surface area contributed by atoms with Gasteiger partial charge in [-0.1, -0.05) is 13.0 Å². The number of hydrogen-bond acceptors (Lipinski definition) is 4. The summed E-state index contributed by atoms with van der Waals surface area (Å²) in [6, 6.07) is 5.35. The first-order chi connectivity index (χ1) is 11.1. The summed E-state index contributed by atoms with van der Waals surface area (Å²) in [5.41, 5.74) is 0.936. The van der Waals surface area contributed by atoms with E-state index in [0.29, 0.717) is 30.9 Å². The van der Waals surface area contributed by atoms with Crippen LogP contribution in [0, 0.1) is 0 Å². The Morgan fingerprint density at radius 3 is 2.96 bits per heavy atom. The van der Waals surface area contributed by atoms with Gasteiger partial charge in [0.2, 0.25) is 18.6 Å². The van der Waals surface area contributed by atoms with Crippen molar-refractivity contribution in [3.8, 4) is 11.5 Å². The standard InChI is InChI=1S/C17H22N2O4/c1-3-11(2)18-17(21)13-5-7-16(20)19(13)9-12-4-6-14-15(8-12)23-10-22-14/h4,6,8,11,13H,3,5,7,9-10H2,1-2H3,(H,18,21)/t11-,13-/m1/s1. The molecule has 6 heteroatoms. The lowest BCUT2D eigenvalue weighted by atomic mass is 10.1. The molecule has 1 fully saturated rings. The van der Waals surface area contributed by atoms with Crippen molar-refractivity contribution in [2.24, 2.45) is 0 Å². The Morgan fingerprint density at radius 1 is 1.39 bits per heavy atom. The predicted octanol–water partition coefficient (Wildman–Crippen LogP) is 1.82. The van der Waals surface area contributed by atoms with Gasteiger partial charge in [0, 0.05) is 19.0 Å². The van der Waals surface area contributed by atoms with Crippen molar-refractivity contribution in [1.29, 1.82) is 0 Å². The quantitative estimate of drug-likeness (QED) is 0.899. The van der Waals surface area contributed by atoms with E-state index in [0.717, 1.165) is 12.0 Å². The second kappa shape index (κ2) is 6.48. The molecule has 6 nitrogen and oxygen atoms in total. The lowest BCUT2D eigenvalue weighted by Gasteiger charge is -2.25. The largest absolute Gasteiger partial charge is 0.454 e. The minimum atomic E-state index is -0.387. The van der Waals surface area contributed by atoms with Crippen molar-refractivity contribution >= 4 is 11.8 Å². The lowest BCUT2D eigenvalue weighted by molar-refractivity contribution is -0.136. The van der Waals surface area contributed by atoms with E-state index in [9.17, 15) is 9.59 Å². The number of carbonyl (C=O) groups is 2. The fourth-order valence-corrected chi connectivity index (χ4v) is 2.88. The van der Waals surface area contributed by atoms with Gasteiger partial charge in [0.1, 0.15) is 6.04 Å². The van der Waals surface area contributed by atoms with Gasteiger partial charge in [-0.15, -0.1) is 0 Å². The SMILES string of the molecule is CC[C@@H](C)NC(=O)[C@H]1CCC(=O)N1Cc1ccc2c(c1)OCO2. The average molecular weight is 318 g/mol. The highest BCUT2D eigenvalue weighted by Crippen LogP contribution is 2.33. The molecule has 0 aromatic heterocycles. The van der Waals surface area contributed by atoms with Crippen LogP contribution in [0.15, 0.2) is 18.2 Å². The summed E-state index contributed by atoms with van der Waals surface area (Å²) in [6.07, 6.45) is 1.86. The number of likely N-dealkylation sites (tertiary alicyclic amines) is 1. The fraction of sp³-hybridized carbons (Fsp3) is 0.529. The van der Waals surface area contributed by atoms with Crippen molar-refractivity contribution in [1.82, 2.24) is 10.2 Å². The number of fused-ring (bicyclic) bond motifs is 1. The van der Waals surface area contributed by atoms with Gasteiger partial charge in [0.15, 0.2) is 11.5 Å². The zero-order valence-corrected chi connectivity index (χ0v) is 13.5. The first-order valence-corrected chi connectivity index (χ1v) is 8.07. The monoisotopic (exact) mass is 318 g/mol. The number of rotatable bonds is 5. The molecule has 1 aromatic rings. The van der Waals surface area contributed by atoms with E-state index in [1.54, 1.807) is 4.90 Å². The Kier molecular flexibility index (Phi) is 4.41. The van der Waals surface area contributed by atoms with Gasteiger partial charge >= 0.3 is 0 Å². The summed E-state index contributed by atoms with van der Waals surface area (Å²) < 4.78 is 10.7. The molecule has 0 spiro atoms. The van der Waals surface area contributed by atoms with E-state index in [4.69, 9.17) is 9.47 Å². The van der Waals surface area contributed by atoms with Gasteiger partial charge in [0.25, 0.3) is 0 Å². The molecule has 2 heterocycles. The summed E-state index contributed by atoms with van der Waals surface area (Å²) >= 11 is 0. The van der Waals surface area contributed by atoms with Crippen LogP contribution in [0.25, 0.3) is 0 Å². The topological polar surface area (TPSA) is 67.9 Å². The number of hydrogen-bond donors (Lipinski definition) is 1. The van der Waals surface area contributed by atoms with E-state index in [1.807, 2.05) is 32.0 Å². The van der Waals surface area contributed by atoms with E-state index >= 15 is 0 Å². The average Bonchev–Trinajstić information content (AvgIpc) is 3.14. The Morgan fingerprint density at radius 2 is 2.17 bits per heavy atom. The highest BCUT2D eigenvalue weighted by Gasteiger charge is 2.36. The van der Waals surface area contributed by atoms with Crippen LogP contribution in [0.2, 0.25) is 0 Å². The summed E-state index contributed by atoms with van der Waals surface area (Å²) in [5, 5.41) is 2.97. The van der Waals surface area contributed by atoms with Crippen LogP contribution in [0.3, 0.4) is 0 Å². The van der Waals surface area contributed by atoms with E-state index in [-0.39, 0.29) is 30.7 Å². The summed E-state index contributed by atoms with van der Waals surface area (Å²) in [7, 11) is 0. The zero-order valence-electron chi connectivity index (χ0n) is 13.5. The van der Waals surface area contributed by atoms with E-state index in [2.05, 4.69) is 5.32 Å². The van der Waals surface area contributed by atoms with Crippen LogP contribution >= 0.6 is 0 Å². The molecule has 3 rings (SSSR count). The Labute approximate surface area is 135 Å². The summed E-state index contributed by atoms with van der Waals surface area (Å²) in [4.78, 5) is 26.2. The number of benzene rings is 1. The molecule has 1 N–H and O–H groups in total. The molecule has 0 radical (unpaired) electrons. The Balaban J connectivity index is 1.71. The maximum Gasteiger partial charge on any atom is 0.243 e. The molecule has 0 aliphatic carbocycles. The van der Waals surface area contributed by atoms with Gasteiger partial charge in [-0.25, -0.2) is 0 Å². The van der Waals surface area contributed by atoms with E-state index < -0.39 is 0 Å². The van der Waals surface area contributed by atoms with Crippen LogP contribution in [0.5, 0.6) is 11.5 Å². The van der Waals surface area contributed by atoms with Gasteiger partial charge in [0.05, 0.1) is 0 Å². The molecule has 2 aliphatic rings. The predicted molar refractivity (Wildman–Crippen MR) is 84.0 cm³/mol. The normalized spacial score (nSPS) is 20.7. The number of nitrogens with zero attached hydrogens (tertiary/aromatic N) is 1. The smallest absolute Gasteiger partial charge is 0.243 e. The molecule has 2 amide bonds. The second-order valence-corrected chi connectivity index (χ2v) is 6.08. The lowest BCUT2D eigenvalue weighted by Crippen LogP contribution is -2.46. The molecule has 0 saturated carbocycles. The molecule has 2 aliphatic heterocycles. The third-order valence-electron chi connectivity index (χ3n) is 4.42. The third-order valence-corrected chi connectivity index (χ3v) is 4.42. The third kappa shape index (κ3) is 3.25. The number of ether oxygens (including phenoxy) is 2. The van der Waals surface area contributed by atoms with Crippen LogP contribution < -0.4 is 14.8 Å². The maximum absolute atomic E-state index is 12.4. The molecule has 23 heavy (non-hydrogen) atoms. The highest BCUT2D eigenvalue weighted by molar-refractivity contribution is 5.91. The van der Waals surface area contributed by atoms with Crippen molar-refractivity contribution < 1.29 is 19.1 Å². The zero-order chi connectivity index (χ0) is 16.4. The van der Waals surface area contributed by atoms with Crippen molar-refractivity contribution in [2.45, 2.75) is 51.7 Å². The maximum atomic E-state index is 12.4. The molecule has 1 aromatic carbocycles. The first-order valence-electron chi connectivity index (χ1n) is 8.07. The van der Waals surface area contributed by atoms with Gasteiger partial charge in [-0.3, -0.25) is 9.59 Å². The highest BCUT2D eigenvalue weighted by atomic mass is 16.7. The van der Waals surface area contributed by atoms with Crippen LogP contribution in [-0.2, 0) is 16.1 Å². The summed E-state index contributed by atoms with van der Waals surface area (Å²) in [6.45, 7) is 4.63. The number of carbonyl (C=O) groups excluding carboxylic acids is 2. The minimum absolute atomic E-state index is 0.0203. The fourth-order valence-electron chi connectivity index (χ4n) is 2.88. The minimum Gasteiger partial charge on any atom is -0.454 e. The second-order valence-electron chi connectivity index (χ2n) is 6.08. The van der Waals surface area contributed by atoms with E-state index in [1.165, 1.54) is 0 Å². The van der Waals surface area contributed by atoms with Gasteiger partial charge in [-0.05, 0) is 37.5 Å². The van der Waals surface area contributed by atoms with Gasteiger partial charge in [-0.2, -0.15) is 0 Å². The van der Waals surface area contributed by atoms with Crippen LogP contribution in [0.1, 0.15) is 38.7 Å². The molecule has 0 bridgehead atoms. The molecular formula is C17H22N2O4. The first kappa shape index (κ1) is 15.6. The number of nitrogens with one attached hydrogen (secondary N) is 1. The molecule has 124 valence electrons. The van der Waals surface area contributed by atoms with Crippen LogP contribution in [-0.4, -0.2) is 35.6 Å². The van der Waals surface area contributed by atoms with Crippen LogP contribution in [0.4, 0.5) is 0 Å². The van der Waals surface area contributed by atoms with Crippen molar-refractivity contribution in [3.05, 3.63) is 23.8 Å². The van der Waals surface area contributed by atoms with Crippen molar-refractivity contribution in [2.75, 3.05) is 6.79 Å². The molecule has 0 unspecified atom stereocenters. The van der Waals surface area contributed by atoms with Gasteiger partial charge < -0.3 is 19.7 Å². The molecule has 2 atom stereocenters. The van der Waals surface area contributed by atoms with Crippen molar-refractivity contribution in [3.63, 3.8) is 0 Å². The Hall–Kier alpha value is -2.24. The molecular weight excluding hydrogens is 296 g/mol. The molecule has 1 saturated heterocycles. The number of amides is 2. The Bertz CT molecular complexity index is 617.